The van der Waals surface area contributed by atoms with Gasteiger partial charge >= 0.3 is 6.18 Å². The number of nitrogens with one attached hydrogen (secondary N) is 1. The fourth-order valence-corrected chi connectivity index (χ4v) is 1.98. The Labute approximate surface area is 127 Å². The normalized spacial score (nSPS) is 11.3. The number of benzene rings is 1. The summed E-state index contributed by atoms with van der Waals surface area (Å²) < 4.78 is 44.4. The number of ether oxygens (including phenoxy) is 1. The summed E-state index contributed by atoms with van der Waals surface area (Å²) >= 11 is 3.33. The van der Waals surface area contributed by atoms with Gasteiger partial charge in [-0.05, 0) is 12.1 Å². The Morgan fingerprint density at radius 2 is 1.95 bits per heavy atom. The second kappa shape index (κ2) is 6.31. The summed E-state index contributed by atoms with van der Waals surface area (Å²) in [7, 11) is 0. The maximum absolute atomic E-state index is 12.8. The Hall–Kier alpha value is -1.80. The van der Waals surface area contributed by atoms with Crippen molar-refractivity contribution in [2.75, 3.05) is 5.43 Å². The van der Waals surface area contributed by atoms with Crippen molar-refractivity contribution >= 4 is 21.7 Å². The van der Waals surface area contributed by atoms with Crippen molar-refractivity contribution in [3.8, 4) is 5.88 Å². The lowest BCUT2D eigenvalue weighted by molar-refractivity contribution is -0.137. The summed E-state index contributed by atoms with van der Waals surface area (Å²) in [4.78, 5) is 3.84. The molecule has 112 valence electrons. The van der Waals surface area contributed by atoms with Gasteiger partial charge in [0.05, 0.1) is 5.56 Å². The van der Waals surface area contributed by atoms with Gasteiger partial charge in [0.2, 0.25) is 5.88 Å². The maximum atomic E-state index is 12.8. The van der Waals surface area contributed by atoms with Gasteiger partial charge in [-0.25, -0.2) is 5.84 Å². The van der Waals surface area contributed by atoms with Crippen LogP contribution in [0.25, 0.3) is 0 Å². The zero-order chi connectivity index (χ0) is 15.5. The van der Waals surface area contributed by atoms with Crippen LogP contribution in [0.15, 0.2) is 40.9 Å². The molecule has 0 bridgehead atoms. The molecule has 0 aliphatic heterocycles. The van der Waals surface area contributed by atoms with E-state index in [9.17, 15) is 13.2 Å². The maximum Gasteiger partial charge on any atom is 0.416 e. The number of nitrogens with two attached hydrogens (primary N) is 1. The average Bonchev–Trinajstić information content (AvgIpc) is 2.45. The van der Waals surface area contributed by atoms with Gasteiger partial charge in [0.1, 0.15) is 12.4 Å². The third-order valence-corrected chi connectivity index (χ3v) is 3.38. The number of anilines is 1. The van der Waals surface area contributed by atoms with E-state index >= 15 is 0 Å². The molecule has 0 saturated heterocycles. The van der Waals surface area contributed by atoms with Crippen LogP contribution in [0.4, 0.5) is 19.0 Å². The van der Waals surface area contributed by atoms with Gasteiger partial charge in [-0.15, -0.1) is 0 Å². The van der Waals surface area contributed by atoms with E-state index in [-0.39, 0.29) is 18.3 Å². The molecule has 0 aliphatic rings. The van der Waals surface area contributed by atoms with Crippen LogP contribution < -0.4 is 16.0 Å². The number of aromatic nitrogens is 1. The summed E-state index contributed by atoms with van der Waals surface area (Å²) in [5.41, 5.74) is 2.00. The highest BCUT2D eigenvalue weighted by atomic mass is 79.9. The Kier molecular flexibility index (Phi) is 4.69. The Bertz CT molecular complexity index is 634. The van der Waals surface area contributed by atoms with Crippen LogP contribution in [0.2, 0.25) is 0 Å². The van der Waals surface area contributed by atoms with Crippen molar-refractivity contribution in [1.29, 1.82) is 0 Å². The van der Waals surface area contributed by atoms with Crippen LogP contribution in [-0.4, -0.2) is 4.98 Å². The summed E-state index contributed by atoms with van der Waals surface area (Å²) in [6.45, 7) is 0.0831. The van der Waals surface area contributed by atoms with Crippen molar-refractivity contribution in [2.45, 2.75) is 12.8 Å². The predicted octanol–water partition coefficient (Wildman–Crippen LogP) is 3.73. The fourth-order valence-electron chi connectivity index (χ4n) is 1.58. The standard InChI is InChI=1S/C13H11BrF3N3O/c14-10-4-2-1-3-8(10)7-21-12-6-9(13(15,16)17)5-11(19-12)20-18/h1-6H,7,18H2,(H,19,20). The van der Waals surface area contributed by atoms with E-state index in [1.54, 1.807) is 12.1 Å². The first kappa shape index (κ1) is 15.6. The molecule has 0 amide bonds. The highest BCUT2D eigenvalue weighted by molar-refractivity contribution is 9.10. The molecule has 1 aromatic heterocycles. The van der Waals surface area contributed by atoms with Crippen LogP contribution in [0.1, 0.15) is 11.1 Å². The van der Waals surface area contributed by atoms with E-state index < -0.39 is 11.7 Å². The molecule has 1 heterocycles. The van der Waals surface area contributed by atoms with Gasteiger partial charge < -0.3 is 10.2 Å². The number of rotatable bonds is 4. The molecule has 2 aromatic rings. The molecule has 0 aliphatic carbocycles. The van der Waals surface area contributed by atoms with Crippen LogP contribution in [0, 0.1) is 0 Å². The second-order valence-corrected chi connectivity index (χ2v) is 4.96. The topological polar surface area (TPSA) is 60.2 Å². The number of pyridine rings is 1. The molecule has 21 heavy (non-hydrogen) atoms. The minimum Gasteiger partial charge on any atom is -0.473 e. The van der Waals surface area contributed by atoms with E-state index in [4.69, 9.17) is 10.6 Å². The third-order valence-electron chi connectivity index (χ3n) is 2.61. The molecule has 0 fully saturated rings. The molecule has 2 rings (SSSR count). The molecule has 8 heteroatoms. The Morgan fingerprint density at radius 3 is 2.57 bits per heavy atom. The summed E-state index contributed by atoms with van der Waals surface area (Å²) in [6, 6.07) is 8.87. The quantitative estimate of drug-likeness (QED) is 0.643. The van der Waals surface area contributed by atoms with E-state index in [0.29, 0.717) is 0 Å². The number of halogens is 4. The van der Waals surface area contributed by atoms with Gasteiger partial charge in [0, 0.05) is 16.1 Å². The zero-order valence-corrected chi connectivity index (χ0v) is 12.2. The van der Waals surface area contributed by atoms with E-state index in [1.807, 2.05) is 12.1 Å². The Morgan fingerprint density at radius 1 is 1.24 bits per heavy atom. The van der Waals surface area contributed by atoms with Crippen molar-refractivity contribution in [3.63, 3.8) is 0 Å². The third kappa shape index (κ3) is 4.08. The van der Waals surface area contributed by atoms with Crippen LogP contribution in [0.3, 0.4) is 0 Å². The monoisotopic (exact) mass is 361 g/mol. The van der Waals surface area contributed by atoms with Crippen molar-refractivity contribution in [3.05, 3.63) is 52.0 Å². The highest BCUT2D eigenvalue weighted by Gasteiger charge is 2.32. The molecule has 0 spiro atoms. The van der Waals surface area contributed by atoms with Gasteiger partial charge in [0.15, 0.2) is 0 Å². The second-order valence-electron chi connectivity index (χ2n) is 4.10. The molecular formula is C13H11BrF3N3O. The molecule has 4 nitrogen and oxygen atoms in total. The molecule has 0 atom stereocenters. The number of hydrogen-bond donors (Lipinski definition) is 2. The largest absolute Gasteiger partial charge is 0.473 e. The SMILES string of the molecule is NNc1cc(C(F)(F)F)cc(OCc2ccccc2Br)n1. The smallest absolute Gasteiger partial charge is 0.416 e. The van der Waals surface area contributed by atoms with Gasteiger partial charge in [-0.3, -0.25) is 0 Å². The summed E-state index contributed by atoms with van der Waals surface area (Å²) in [5.74, 6) is 4.84. The zero-order valence-electron chi connectivity index (χ0n) is 10.6. The number of nitrogens with zero attached hydrogens (tertiary/aromatic N) is 1. The molecule has 3 N–H and O–H groups in total. The molecule has 0 radical (unpaired) electrons. The lowest BCUT2D eigenvalue weighted by atomic mass is 10.2. The highest BCUT2D eigenvalue weighted by Crippen LogP contribution is 2.32. The van der Waals surface area contributed by atoms with E-state index in [0.717, 1.165) is 22.2 Å². The van der Waals surface area contributed by atoms with Crippen LogP contribution in [0.5, 0.6) is 5.88 Å². The fraction of sp³-hybridized carbons (Fsp3) is 0.154. The number of hydrogen-bond acceptors (Lipinski definition) is 4. The van der Waals surface area contributed by atoms with Crippen LogP contribution in [-0.2, 0) is 12.8 Å². The lowest BCUT2D eigenvalue weighted by Gasteiger charge is -2.12. The van der Waals surface area contributed by atoms with Crippen molar-refractivity contribution in [2.24, 2.45) is 5.84 Å². The Balaban J connectivity index is 2.22. The number of hydrazine groups is 1. The molecule has 0 saturated carbocycles. The van der Waals surface area contributed by atoms with Gasteiger partial charge in [0.25, 0.3) is 0 Å². The van der Waals surface area contributed by atoms with E-state index in [1.165, 1.54) is 0 Å². The van der Waals surface area contributed by atoms with Crippen molar-refractivity contribution < 1.29 is 17.9 Å². The molecule has 0 unspecified atom stereocenters. The molecular weight excluding hydrogens is 351 g/mol. The van der Waals surface area contributed by atoms with Crippen molar-refractivity contribution in [1.82, 2.24) is 4.98 Å². The predicted molar refractivity (Wildman–Crippen MR) is 75.5 cm³/mol. The minimum atomic E-state index is -4.50. The minimum absolute atomic E-state index is 0.0831. The van der Waals surface area contributed by atoms with Gasteiger partial charge in [-0.1, -0.05) is 34.1 Å². The lowest BCUT2D eigenvalue weighted by Crippen LogP contribution is -2.13. The summed E-state index contributed by atoms with van der Waals surface area (Å²) in [5, 5.41) is 0. The van der Waals surface area contributed by atoms with Gasteiger partial charge in [-0.2, -0.15) is 18.2 Å². The average molecular weight is 362 g/mol. The first-order valence-corrected chi connectivity index (χ1v) is 6.61. The van der Waals surface area contributed by atoms with E-state index in [2.05, 4.69) is 26.3 Å². The number of alkyl halides is 3. The first-order valence-electron chi connectivity index (χ1n) is 5.82. The summed E-state index contributed by atoms with van der Waals surface area (Å²) in [6.07, 6.45) is -4.50. The molecule has 1 aromatic carbocycles. The number of nitrogen functional groups attached to an aromatic ring is 1. The first-order chi connectivity index (χ1) is 9.90. The van der Waals surface area contributed by atoms with Crippen LogP contribution >= 0.6 is 15.9 Å².